The van der Waals surface area contributed by atoms with E-state index in [4.69, 9.17) is 0 Å². The Labute approximate surface area is 153 Å². The van der Waals surface area contributed by atoms with E-state index in [9.17, 15) is 5.11 Å². The Morgan fingerprint density at radius 2 is 1.46 bits per heavy atom. The molecule has 24 heavy (non-hydrogen) atoms. The van der Waals surface area contributed by atoms with Crippen LogP contribution in [0.2, 0.25) is 0 Å². The number of benzene rings is 2. The molecule has 128 valence electrons. The predicted molar refractivity (Wildman–Crippen MR) is 103 cm³/mol. The average molecular weight is 388 g/mol. The number of aliphatic hydroxyl groups is 1. The van der Waals surface area contributed by atoms with Crippen LogP contribution < -0.4 is 0 Å². The zero-order valence-electron chi connectivity index (χ0n) is 14.1. The number of hydrogen-bond acceptors (Lipinski definition) is 2. The molecule has 3 rings (SSSR count). The normalized spacial score (nSPS) is 18.8. The highest BCUT2D eigenvalue weighted by Gasteiger charge is 2.25. The number of halogens is 1. The van der Waals surface area contributed by atoms with Gasteiger partial charge in [-0.05, 0) is 49.2 Å². The van der Waals surface area contributed by atoms with Gasteiger partial charge in [-0.3, -0.25) is 0 Å². The highest BCUT2D eigenvalue weighted by atomic mass is 79.9. The number of aliphatic hydroxyl groups excluding tert-OH is 1. The van der Waals surface area contributed by atoms with Gasteiger partial charge in [0.2, 0.25) is 0 Å². The van der Waals surface area contributed by atoms with Gasteiger partial charge in [0, 0.05) is 16.9 Å². The van der Waals surface area contributed by atoms with Gasteiger partial charge in [-0.1, -0.05) is 71.2 Å². The van der Waals surface area contributed by atoms with Crippen LogP contribution in [0.25, 0.3) is 0 Å². The first-order chi connectivity index (χ1) is 11.7. The van der Waals surface area contributed by atoms with E-state index >= 15 is 0 Å². The summed E-state index contributed by atoms with van der Waals surface area (Å²) in [5.74, 6) is 0.102. The van der Waals surface area contributed by atoms with Crippen molar-refractivity contribution in [2.24, 2.45) is 0 Å². The Morgan fingerprint density at radius 1 is 0.833 bits per heavy atom. The van der Waals surface area contributed by atoms with E-state index in [0.29, 0.717) is 0 Å². The Kier molecular flexibility index (Phi) is 6.47. The van der Waals surface area contributed by atoms with Crippen molar-refractivity contribution in [3.8, 4) is 0 Å². The fourth-order valence-corrected chi connectivity index (χ4v) is 3.84. The van der Waals surface area contributed by atoms with E-state index in [2.05, 4.69) is 45.1 Å². The standard InChI is InChI=1S/C21H26BrNO/c22-19-12-10-18(11-13-19)21(24)20(17-8-4-3-5-9-17)16-23-14-6-1-2-7-15-23/h3-5,8-13,20-21,24H,1-2,6-7,14-16H2/t20-,21+/m0/s1. The third-order valence-electron chi connectivity index (χ3n) is 4.97. The molecule has 1 aliphatic heterocycles. The zero-order chi connectivity index (χ0) is 16.8. The van der Waals surface area contributed by atoms with Crippen molar-refractivity contribution in [2.45, 2.75) is 37.7 Å². The first-order valence-corrected chi connectivity index (χ1v) is 9.74. The first-order valence-electron chi connectivity index (χ1n) is 8.95. The van der Waals surface area contributed by atoms with Crippen LogP contribution in [0, 0.1) is 0 Å². The molecule has 1 aliphatic rings. The number of rotatable bonds is 5. The lowest BCUT2D eigenvalue weighted by Crippen LogP contribution is -2.32. The van der Waals surface area contributed by atoms with E-state index < -0.39 is 6.10 Å². The molecule has 0 bridgehead atoms. The van der Waals surface area contributed by atoms with Gasteiger partial charge in [0.1, 0.15) is 0 Å². The molecule has 0 spiro atoms. The summed E-state index contributed by atoms with van der Waals surface area (Å²) in [4.78, 5) is 2.53. The molecule has 2 aromatic rings. The van der Waals surface area contributed by atoms with Gasteiger partial charge in [-0.2, -0.15) is 0 Å². The second-order valence-corrected chi connectivity index (χ2v) is 7.64. The van der Waals surface area contributed by atoms with E-state index in [1.165, 1.54) is 31.2 Å². The third-order valence-corrected chi connectivity index (χ3v) is 5.50. The van der Waals surface area contributed by atoms with Gasteiger partial charge in [-0.25, -0.2) is 0 Å². The van der Waals surface area contributed by atoms with Crippen molar-refractivity contribution in [2.75, 3.05) is 19.6 Å². The molecule has 0 radical (unpaired) electrons. The lowest BCUT2D eigenvalue weighted by atomic mass is 9.88. The average Bonchev–Trinajstić information content (AvgIpc) is 2.89. The van der Waals surface area contributed by atoms with Gasteiger partial charge in [0.05, 0.1) is 6.10 Å². The highest BCUT2D eigenvalue weighted by Crippen LogP contribution is 2.33. The van der Waals surface area contributed by atoms with Crippen LogP contribution in [0.4, 0.5) is 0 Å². The number of likely N-dealkylation sites (tertiary alicyclic amines) is 1. The monoisotopic (exact) mass is 387 g/mol. The van der Waals surface area contributed by atoms with E-state index in [0.717, 1.165) is 29.7 Å². The molecule has 0 unspecified atom stereocenters. The van der Waals surface area contributed by atoms with Crippen LogP contribution in [0.15, 0.2) is 59.1 Å². The van der Waals surface area contributed by atoms with Crippen molar-refractivity contribution in [3.63, 3.8) is 0 Å². The summed E-state index contributed by atoms with van der Waals surface area (Å²) in [7, 11) is 0. The third kappa shape index (κ3) is 4.69. The summed E-state index contributed by atoms with van der Waals surface area (Å²) in [6, 6.07) is 18.5. The molecule has 1 saturated heterocycles. The summed E-state index contributed by atoms with van der Waals surface area (Å²) in [6.45, 7) is 3.22. The molecule has 0 aromatic heterocycles. The lowest BCUT2D eigenvalue weighted by Gasteiger charge is -2.30. The van der Waals surface area contributed by atoms with Gasteiger partial charge < -0.3 is 10.0 Å². The lowest BCUT2D eigenvalue weighted by molar-refractivity contribution is 0.117. The van der Waals surface area contributed by atoms with E-state index in [1.54, 1.807) is 0 Å². The Balaban J connectivity index is 1.82. The van der Waals surface area contributed by atoms with E-state index in [1.807, 2.05) is 30.3 Å². The molecule has 3 heteroatoms. The summed E-state index contributed by atoms with van der Waals surface area (Å²) in [5, 5.41) is 11.1. The Morgan fingerprint density at radius 3 is 2.08 bits per heavy atom. The van der Waals surface area contributed by atoms with Crippen LogP contribution in [0.1, 0.15) is 48.8 Å². The Hall–Kier alpha value is -1.16. The summed E-state index contributed by atoms with van der Waals surface area (Å²) in [6.07, 6.45) is 4.73. The van der Waals surface area contributed by atoms with Crippen LogP contribution in [-0.4, -0.2) is 29.6 Å². The molecule has 1 N–H and O–H groups in total. The SMILES string of the molecule is O[C@H](c1ccc(Br)cc1)[C@@H](CN1CCCCCC1)c1ccccc1. The molecule has 1 heterocycles. The van der Waals surface area contributed by atoms with Crippen LogP contribution in [0.3, 0.4) is 0 Å². The molecule has 1 fully saturated rings. The minimum absolute atomic E-state index is 0.102. The topological polar surface area (TPSA) is 23.5 Å². The minimum Gasteiger partial charge on any atom is -0.388 e. The van der Waals surface area contributed by atoms with Crippen molar-refractivity contribution in [3.05, 3.63) is 70.2 Å². The van der Waals surface area contributed by atoms with E-state index in [-0.39, 0.29) is 5.92 Å². The van der Waals surface area contributed by atoms with Crippen molar-refractivity contribution in [1.29, 1.82) is 0 Å². The van der Waals surface area contributed by atoms with Crippen LogP contribution in [0.5, 0.6) is 0 Å². The first kappa shape index (κ1) is 17.7. The second kappa shape index (κ2) is 8.80. The zero-order valence-corrected chi connectivity index (χ0v) is 15.7. The van der Waals surface area contributed by atoms with Crippen molar-refractivity contribution >= 4 is 15.9 Å². The minimum atomic E-state index is -0.483. The number of hydrogen-bond donors (Lipinski definition) is 1. The fourth-order valence-electron chi connectivity index (χ4n) is 3.58. The molecule has 0 saturated carbocycles. The van der Waals surface area contributed by atoms with Gasteiger partial charge in [0.25, 0.3) is 0 Å². The summed E-state index contributed by atoms with van der Waals surface area (Å²) < 4.78 is 1.04. The van der Waals surface area contributed by atoms with Crippen molar-refractivity contribution in [1.82, 2.24) is 4.90 Å². The molecule has 2 nitrogen and oxygen atoms in total. The van der Waals surface area contributed by atoms with Crippen LogP contribution >= 0.6 is 15.9 Å². The summed E-state index contributed by atoms with van der Waals surface area (Å²) in [5.41, 5.74) is 2.21. The van der Waals surface area contributed by atoms with Crippen molar-refractivity contribution < 1.29 is 5.11 Å². The maximum atomic E-state index is 11.1. The Bertz CT molecular complexity index is 605. The van der Waals surface area contributed by atoms with Gasteiger partial charge >= 0.3 is 0 Å². The van der Waals surface area contributed by atoms with Gasteiger partial charge in [0.15, 0.2) is 0 Å². The molecular weight excluding hydrogens is 362 g/mol. The fraction of sp³-hybridized carbons (Fsp3) is 0.429. The maximum Gasteiger partial charge on any atom is 0.0870 e. The molecular formula is C21H26BrNO. The largest absolute Gasteiger partial charge is 0.388 e. The summed E-state index contributed by atoms with van der Waals surface area (Å²) >= 11 is 3.47. The maximum absolute atomic E-state index is 11.1. The number of nitrogens with zero attached hydrogens (tertiary/aromatic N) is 1. The molecule has 0 amide bonds. The van der Waals surface area contributed by atoms with Crippen LogP contribution in [-0.2, 0) is 0 Å². The highest BCUT2D eigenvalue weighted by molar-refractivity contribution is 9.10. The second-order valence-electron chi connectivity index (χ2n) is 6.73. The predicted octanol–water partition coefficient (Wildman–Crippen LogP) is 5.14. The molecule has 2 atom stereocenters. The molecule has 0 aliphatic carbocycles. The van der Waals surface area contributed by atoms with Gasteiger partial charge in [-0.15, -0.1) is 0 Å². The molecule has 2 aromatic carbocycles. The quantitative estimate of drug-likeness (QED) is 0.767. The smallest absolute Gasteiger partial charge is 0.0870 e.